The summed E-state index contributed by atoms with van der Waals surface area (Å²) in [4.78, 5) is 25.0. The fraction of sp³-hybridized carbons (Fsp3) is 0.300. The second-order valence-electron chi connectivity index (χ2n) is 6.01. The highest BCUT2D eigenvalue weighted by Gasteiger charge is 2.22. The summed E-state index contributed by atoms with van der Waals surface area (Å²) in [5.41, 5.74) is 1.69. The first-order valence-electron chi connectivity index (χ1n) is 8.41. The fourth-order valence-electron chi connectivity index (χ4n) is 2.88. The van der Waals surface area contributed by atoms with Crippen molar-refractivity contribution in [3.8, 4) is 11.5 Å². The van der Waals surface area contributed by atoms with Crippen molar-refractivity contribution in [1.29, 1.82) is 0 Å². The second-order valence-corrected chi connectivity index (χ2v) is 7.14. The van der Waals surface area contributed by atoms with E-state index in [1.165, 1.54) is 18.9 Å². The maximum atomic E-state index is 12.3. The minimum absolute atomic E-state index is 0.00512. The summed E-state index contributed by atoms with van der Waals surface area (Å²) < 4.78 is 10.9. The highest BCUT2D eigenvalue weighted by Crippen LogP contribution is 2.35. The number of hydrogen-bond acceptors (Lipinski definition) is 5. The van der Waals surface area contributed by atoms with Crippen molar-refractivity contribution in [1.82, 2.24) is 5.32 Å². The summed E-state index contributed by atoms with van der Waals surface area (Å²) in [6, 6.07) is 13.1. The molecule has 0 spiro atoms. The predicted molar refractivity (Wildman–Crippen MR) is 101 cm³/mol. The molecule has 0 saturated heterocycles. The number of thioether (sulfide) groups is 1. The number of carbonyl (C=O) groups excluding carboxylic acids is 2. The Bertz CT molecular complexity index is 821. The van der Waals surface area contributed by atoms with E-state index in [4.69, 9.17) is 9.47 Å². The molecule has 0 unspecified atom stereocenters. The molecule has 2 aromatic rings. The van der Waals surface area contributed by atoms with Gasteiger partial charge in [0, 0.05) is 16.2 Å². The average Bonchev–Trinajstić information content (AvgIpc) is 2.66. The van der Waals surface area contributed by atoms with Crippen molar-refractivity contribution in [2.24, 2.45) is 0 Å². The van der Waals surface area contributed by atoms with Crippen LogP contribution in [0.4, 0.5) is 0 Å². The Labute approximate surface area is 157 Å². The molecule has 0 saturated carbocycles. The van der Waals surface area contributed by atoms with E-state index in [0.29, 0.717) is 17.1 Å². The van der Waals surface area contributed by atoms with Crippen molar-refractivity contribution in [2.75, 3.05) is 19.5 Å². The quantitative estimate of drug-likeness (QED) is 0.786. The summed E-state index contributed by atoms with van der Waals surface area (Å²) in [5.74, 6) is 1.61. The average molecular weight is 371 g/mol. The number of rotatable bonds is 6. The van der Waals surface area contributed by atoms with Crippen molar-refractivity contribution in [2.45, 2.75) is 24.3 Å². The maximum absolute atomic E-state index is 12.3. The van der Waals surface area contributed by atoms with Gasteiger partial charge in [0.25, 0.3) is 5.91 Å². The summed E-state index contributed by atoms with van der Waals surface area (Å²) in [6.07, 6.45) is 0.893. The van der Waals surface area contributed by atoms with Gasteiger partial charge in [0.1, 0.15) is 0 Å². The van der Waals surface area contributed by atoms with Crippen molar-refractivity contribution in [3.63, 3.8) is 0 Å². The zero-order valence-corrected chi connectivity index (χ0v) is 15.6. The smallest absolute Gasteiger partial charge is 0.258 e. The Morgan fingerprint density at radius 1 is 1.19 bits per heavy atom. The standard InChI is InChI=1S/C20H21NO4S/c1-13(22)14-7-8-17(18(11-14)24-2)25-12-20(23)21-16-9-10-26-19-6-4-3-5-15(16)19/h3-8,11,16H,9-10,12H2,1-2H3,(H,21,23)/t16-/m0/s1. The van der Waals surface area contributed by atoms with Crippen LogP contribution in [0.1, 0.15) is 35.3 Å². The van der Waals surface area contributed by atoms with E-state index >= 15 is 0 Å². The summed E-state index contributed by atoms with van der Waals surface area (Å²) in [6.45, 7) is 1.38. The highest BCUT2D eigenvalue weighted by molar-refractivity contribution is 7.99. The first-order chi connectivity index (χ1) is 12.6. The van der Waals surface area contributed by atoms with Gasteiger partial charge in [0.2, 0.25) is 0 Å². The molecule has 1 amide bonds. The minimum Gasteiger partial charge on any atom is -0.493 e. The SMILES string of the molecule is COc1cc(C(C)=O)ccc1OCC(=O)N[C@H]1CCSc2ccccc21. The second kappa shape index (κ2) is 8.27. The molecule has 136 valence electrons. The van der Waals surface area contributed by atoms with Crippen LogP contribution in [0, 0.1) is 0 Å². The molecule has 2 aromatic carbocycles. The predicted octanol–water partition coefficient (Wildman–Crippen LogP) is 3.63. The van der Waals surface area contributed by atoms with E-state index in [1.807, 2.05) is 23.9 Å². The number of benzene rings is 2. The lowest BCUT2D eigenvalue weighted by Gasteiger charge is -2.25. The molecule has 26 heavy (non-hydrogen) atoms. The third-order valence-electron chi connectivity index (χ3n) is 4.22. The Morgan fingerprint density at radius 3 is 2.77 bits per heavy atom. The van der Waals surface area contributed by atoms with Crippen LogP contribution >= 0.6 is 11.8 Å². The number of methoxy groups -OCH3 is 1. The highest BCUT2D eigenvalue weighted by atomic mass is 32.2. The number of amides is 1. The molecular weight excluding hydrogens is 350 g/mol. The minimum atomic E-state index is -0.186. The molecular formula is C20H21NO4S. The van der Waals surface area contributed by atoms with Gasteiger partial charge >= 0.3 is 0 Å². The lowest BCUT2D eigenvalue weighted by molar-refractivity contribution is -0.123. The molecule has 0 radical (unpaired) electrons. The van der Waals surface area contributed by atoms with E-state index in [-0.39, 0.29) is 24.3 Å². The monoisotopic (exact) mass is 371 g/mol. The van der Waals surface area contributed by atoms with Gasteiger partial charge in [-0.25, -0.2) is 0 Å². The summed E-state index contributed by atoms with van der Waals surface area (Å²) in [5, 5.41) is 3.04. The van der Waals surface area contributed by atoms with E-state index in [0.717, 1.165) is 17.7 Å². The van der Waals surface area contributed by atoms with Crippen LogP contribution in [0.3, 0.4) is 0 Å². The van der Waals surface area contributed by atoms with Gasteiger partial charge in [0.15, 0.2) is 23.9 Å². The van der Waals surface area contributed by atoms with Crippen LogP contribution < -0.4 is 14.8 Å². The molecule has 6 heteroatoms. The number of fused-ring (bicyclic) bond motifs is 1. The van der Waals surface area contributed by atoms with Gasteiger partial charge in [-0.2, -0.15) is 0 Å². The van der Waals surface area contributed by atoms with E-state index < -0.39 is 0 Å². The van der Waals surface area contributed by atoms with Crippen LogP contribution in [-0.4, -0.2) is 31.2 Å². The number of ketones is 1. The van der Waals surface area contributed by atoms with E-state index in [9.17, 15) is 9.59 Å². The number of nitrogens with one attached hydrogen (secondary N) is 1. The molecule has 1 N–H and O–H groups in total. The first kappa shape index (κ1) is 18.3. The molecule has 1 aliphatic heterocycles. The van der Waals surface area contributed by atoms with Gasteiger partial charge in [-0.15, -0.1) is 11.8 Å². The van der Waals surface area contributed by atoms with Crippen LogP contribution in [0.25, 0.3) is 0 Å². The maximum Gasteiger partial charge on any atom is 0.258 e. The van der Waals surface area contributed by atoms with Gasteiger partial charge in [-0.3, -0.25) is 9.59 Å². The Morgan fingerprint density at radius 2 is 2.00 bits per heavy atom. The first-order valence-corrected chi connectivity index (χ1v) is 9.40. The molecule has 1 atom stereocenters. The molecule has 3 rings (SSSR count). The van der Waals surface area contributed by atoms with Gasteiger partial charge in [-0.1, -0.05) is 18.2 Å². The zero-order valence-electron chi connectivity index (χ0n) is 14.8. The van der Waals surface area contributed by atoms with Crippen LogP contribution in [-0.2, 0) is 4.79 Å². The number of carbonyl (C=O) groups is 2. The molecule has 0 fully saturated rings. The van der Waals surface area contributed by atoms with Gasteiger partial charge < -0.3 is 14.8 Å². The van der Waals surface area contributed by atoms with Gasteiger partial charge in [0.05, 0.1) is 13.2 Å². The Balaban J connectivity index is 1.62. The van der Waals surface area contributed by atoms with Crippen LogP contribution in [0.15, 0.2) is 47.4 Å². The van der Waals surface area contributed by atoms with E-state index in [2.05, 4.69) is 17.4 Å². The molecule has 1 heterocycles. The van der Waals surface area contributed by atoms with Crippen molar-refractivity contribution in [3.05, 3.63) is 53.6 Å². The number of hydrogen-bond donors (Lipinski definition) is 1. The normalized spacial score (nSPS) is 15.7. The molecule has 5 nitrogen and oxygen atoms in total. The van der Waals surface area contributed by atoms with Gasteiger partial charge in [-0.05, 0) is 43.2 Å². The topological polar surface area (TPSA) is 64.6 Å². The molecule has 1 aliphatic rings. The largest absolute Gasteiger partial charge is 0.493 e. The molecule has 0 aliphatic carbocycles. The van der Waals surface area contributed by atoms with Crippen molar-refractivity contribution < 1.29 is 19.1 Å². The lowest BCUT2D eigenvalue weighted by atomic mass is 10.0. The third-order valence-corrected chi connectivity index (χ3v) is 5.35. The fourth-order valence-corrected chi connectivity index (χ4v) is 4.00. The Kier molecular flexibility index (Phi) is 5.83. The molecule has 0 bridgehead atoms. The van der Waals surface area contributed by atoms with E-state index in [1.54, 1.807) is 18.2 Å². The van der Waals surface area contributed by atoms with Crippen LogP contribution in [0.5, 0.6) is 11.5 Å². The summed E-state index contributed by atoms with van der Waals surface area (Å²) >= 11 is 1.81. The van der Waals surface area contributed by atoms with Crippen molar-refractivity contribution >= 4 is 23.5 Å². The van der Waals surface area contributed by atoms with Crippen LogP contribution in [0.2, 0.25) is 0 Å². The third kappa shape index (κ3) is 4.19. The number of ether oxygens (including phenoxy) is 2. The molecule has 0 aromatic heterocycles. The lowest BCUT2D eigenvalue weighted by Crippen LogP contribution is -2.34. The Hall–Kier alpha value is -2.47. The number of Topliss-reactive ketones (excluding diaryl/α,β-unsaturated/α-hetero) is 1. The summed E-state index contributed by atoms with van der Waals surface area (Å²) in [7, 11) is 1.50. The zero-order chi connectivity index (χ0) is 18.5.